The summed E-state index contributed by atoms with van der Waals surface area (Å²) in [5.74, 6) is 0. The van der Waals surface area contributed by atoms with Gasteiger partial charge in [0, 0.05) is 16.7 Å². The SMILES string of the molecule is C=CC(O)n1cc2c(c(CCCCC)c1=O)Nc1ccccc1S2. The molecule has 0 saturated carbocycles. The minimum absolute atomic E-state index is 0.148. The summed E-state index contributed by atoms with van der Waals surface area (Å²) in [7, 11) is 0. The molecule has 1 aliphatic heterocycles. The van der Waals surface area contributed by atoms with E-state index in [0.29, 0.717) is 6.42 Å². The lowest BCUT2D eigenvalue weighted by molar-refractivity contribution is 0.149. The normalized spacial score (nSPS) is 13.6. The van der Waals surface area contributed by atoms with Gasteiger partial charge in [0.1, 0.15) is 0 Å². The Balaban J connectivity index is 2.09. The monoisotopic (exact) mass is 342 g/mol. The number of nitrogens with one attached hydrogen (secondary N) is 1. The lowest BCUT2D eigenvalue weighted by Gasteiger charge is -2.25. The van der Waals surface area contributed by atoms with Crippen molar-refractivity contribution in [3.05, 3.63) is 59.0 Å². The van der Waals surface area contributed by atoms with Crippen molar-refractivity contribution in [2.45, 2.75) is 48.6 Å². The summed E-state index contributed by atoms with van der Waals surface area (Å²) in [6.45, 7) is 5.74. The molecule has 0 spiro atoms. The number of rotatable bonds is 6. The molecular formula is C19H22N2O2S. The van der Waals surface area contributed by atoms with Crippen LogP contribution < -0.4 is 10.9 Å². The Bertz CT molecular complexity index is 813. The Morgan fingerprint density at radius 1 is 1.33 bits per heavy atom. The number of hydrogen-bond donors (Lipinski definition) is 2. The summed E-state index contributed by atoms with van der Waals surface area (Å²) in [4.78, 5) is 14.9. The number of hydrogen-bond acceptors (Lipinski definition) is 4. The van der Waals surface area contributed by atoms with Crippen molar-refractivity contribution in [3.8, 4) is 0 Å². The van der Waals surface area contributed by atoms with Crippen molar-refractivity contribution < 1.29 is 5.11 Å². The van der Waals surface area contributed by atoms with E-state index in [1.807, 2.05) is 24.3 Å². The minimum atomic E-state index is -1.01. The number of pyridine rings is 1. The third-order valence-corrected chi connectivity index (χ3v) is 5.30. The number of aliphatic hydroxyl groups is 1. The molecule has 1 unspecified atom stereocenters. The van der Waals surface area contributed by atoms with Crippen LogP contribution in [0.5, 0.6) is 0 Å². The number of aliphatic hydroxyl groups excluding tert-OH is 1. The molecule has 0 amide bonds. The number of para-hydroxylation sites is 1. The first kappa shape index (κ1) is 16.9. The van der Waals surface area contributed by atoms with Crippen LogP contribution in [-0.4, -0.2) is 9.67 Å². The molecule has 0 fully saturated rings. The van der Waals surface area contributed by atoms with Crippen LogP contribution in [0.15, 0.2) is 57.7 Å². The smallest absolute Gasteiger partial charge is 0.258 e. The Morgan fingerprint density at radius 2 is 2.12 bits per heavy atom. The average Bonchev–Trinajstić information content (AvgIpc) is 2.61. The quantitative estimate of drug-likeness (QED) is 0.513. The van der Waals surface area contributed by atoms with Gasteiger partial charge in [0.05, 0.1) is 16.3 Å². The number of aromatic nitrogens is 1. The van der Waals surface area contributed by atoms with Crippen molar-refractivity contribution in [2.24, 2.45) is 0 Å². The Morgan fingerprint density at radius 3 is 2.88 bits per heavy atom. The average molecular weight is 342 g/mol. The van der Waals surface area contributed by atoms with E-state index in [1.54, 1.807) is 18.0 Å². The summed E-state index contributed by atoms with van der Waals surface area (Å²) in [6, 6.07) is 8.05. The first-order chi connectivity index (χ1) is 11.7. The van der Waals surface area contributed by atoms with Gasteiger partial charge in [0.15, 0.2) is 6.23 Å². The van der Waals surface area contributed by atoms with Crippen molar-refractivity contribution in [1.29, 1.82) is 0 Å². The molecular weight excluding hydrogens is 320 g/mol. The second kappa shape index (κ2) is 7.28. The van der Waals surface area contributed by atoms with Crippen LogP contribution in [0.25, 0.3) is 0 Å². The standard InChI is InChI=1S/C19H22N2O2S/c1-3-5-6-9-13-18-16(12-21(19(13)23)17(22)4-2)24-15-11-8-7-10-14(15)20-18/h4,7-8,10-12,17,20,22H,2-3,5-6,9H2,1H3. The van der Waals surface area contributed by atoms with E-state index < -0.39 is 6.23 Å². The lowest BCUT2D eigenvalue weighted by Crippen LogP contribution is -2.28. The Hall–Kier alpha value is -1.98. The zero-order valence-electron chi connectivity index (χ0n) is 13.8. The second-order valence-electron chi connectivity index (χ2n) is 5.89. The van der Waals surface area contributed by atoms with Crippen LogP contribution in [-0.2, 0) is 6.42 Å². The van der Waals surface area contributed by atoms with Crippen LogP contribution >= 0.6 is 11.8 Å². The minimum Gasteiger partial charge on any atom is -0.369 e. The molecule has 3 rings (SSSR count). The molecule has 1 aromatic heterocycles. The fraction of sp³-hybridized carbons (Fsp3) is 0.316. The largest absolute Gasteiger partial charge is 0.369 e. The first-order valence-electron chi connectivity index (χ1n) is 8.28. The summed E-state index contributed by atoms with van der Waals surface area (Å²) in [5, 5.41) is 13.5. The summed E-state index contributed by atoms with van der Waals surface area (Å²) < 4.78 is 1.37. The van der Waals surface area contributed by atoms with E-state index >= 15 is 0 Å². The van der Waals surface area contributed by atoms with E-state index in [4.69, 9.17) is 0 Å². The van der Waals surface area contributed by atoms with Gasteiger partial charge < -0.3 is 10.4 Å². The maximum Gasteiger partial charge on any atom is 0.258 e. The van der Waals surface area contributed by atoms with Crippen LogP contribution in [0.2, 0.25) is 0 Å². The molecule has 0 saturated heterocycles. The fourth-order valence-corrected chi connectivity index (χ4v) is 3.94. The fourth-order valence-electron chi connectivity index (χ4n) is 2.88. The molecule has 1 aliphatic rings. The van der Waals surface area contributed by atoms with E-state index in [0.717, 1.165) is 46.0 Å². The van der Waals surface area contributed by atoms with E-state index in [1.165, 1.54) is 10.6 Å². The number of fused-ring (bicyclic) bond motifs is 2. The molecule has 24 heavy (non-hydrogen) atoms. The molecule has 126 valence electrons. The van der Waals surface area contributed by atoms with Gasteiger partial charge in [-0.3, -0.25) is 9.36 Å². The summed E-state index contributed by atoms with van der Waals surface area (Å²) >= 11 is 1.62. The first-order valence-corrected chi connectivity index (χ1v) is 9.10. The number of unbranched alkanes of at least 4 members (excludes halogenated alkanes) is 2. The second-order valence-corrected chi connectivity index (χ2v) is 6.97. The Kier molecular flexibility index (Phi) is 5.11. The van der Waals surface area contributed by atoms with Gasteiger partial charge in [-0.25, -0.2) is 0 Å². The molecule has 2 heterocycles. The van der Waals surface area contributed by atoms with Crippen LogP contribution in [0.4, 0.5) is 11.4 Å². The van der Waals surface area contributed by atoms with Gasteiger partial charge in [-0.05, 0) is 31.1 Å². The van der Waals surface area contributed by atoms with Crippen LogP contribution in [0, 0.1) is 0 Å². The van der Waals surface area contributed by atoms with E-state index in [9.17, 15) is 9.90 Å². The number of anilines is 2. The van der Waals surface area contributed by atoms with Crippen molar-refractivity contribution in [2.75, 3.05) is 5.32 Å². The Labute approximate surface area is 146 Å². The van der Waals surface area contributed by atoms with Crippen molar-refractivity contribution >= 4 is 23.1 Å². The van der Waals surface area contributed by atoms with Gasteiger partial charge >= 0.3 is 0 Å². The zero-order chi connectivity index (χ0) is 17.1. The number of benzene rings is 1. The summed E-state index contributed by atoms with van der Waals surface area (Å²) in [5.41, 5.74) is 2.49. The third-order valence-electron chi connectivity index (χ3n) is 4.19. The lowest BCUT2D eigenvalue weighted by atomic mass is 10.1. The van der Waals surface area contributed by atoms with Gasteiger partial charge in [0.2, 0.25) is 0 Å². The van der Waals surface area contributed by atoms with Crippen molar-refractivity contribution in [3.63, 3.8) is 0 Å². The highest BCUT2D eigenvalue weighted by Gasteiger charge is 2.23. The zero-order valence-corrected chi connectivity index (χ0v) is 14.6. The molecule has 1 atom stereocenters. The maximum absolute atomic E-state index is 12.9. The van der Waals surface area contributed by atoms with Gasteiger partial charge in [0.25, 0.3) is 5.56 Å². The summed E-state index contributed by atoms with van der Waals surface area (Å²) in [6.07, 6.45) is 5.93. The predicted octanol–water partition coefficient (Wildman–Crippen LogP) is 4.47. The molecule has 1 aromatic carbocycles. The maximum atomic E-state index is 12.9. The molecule has 2 N–H and O–H groups in total. The van der Waals surface area contributed by atoms with Gasteiger partial charge in [-0.2, -0.15) is 0 Å². The predicted molar refractivity (Wildman–Crippen MR) is 99.2 cm³/mol. The molecule has 0 aliphatic carbocycles. The van der Waals surface area contributed by atoms with Gasteiger partial charge in [-0.15, -0.1) is 0 Å². The molecule has 4 nitrogen and oxygen atoms in total. The molecule has 0 radical (unpaired) electrons. The molecule has 0 bridgehead atoms. The molecule has 2 aromatic rings. The van der Waals surface area contributed by atoms with Crippen LogP contribution in [0.3, 0.4) is 0 Å². The highest BCUT2D eigenvalue weighted by Crippen LogP contribution is 2.44. The van der Waals surface area contributed by atoms with Gasteiger partial charge in [-0.1, -0.05) is 50.2 Å². The van der Waals surface area contributed by atoms with Crippen molar-refractivity contribution in [1.82, 2.24) is 4.57 Å². The third kappa shape index (κ3) is 3.14. The number of nitrogens with zero attached hydrogens (tertiary/aromatic N) is 1. The molecule has 5 heteroatoms. The topological polar surface area (TPSA) is 54.3 Å². The highest BCUT2D eigenvalue weighted by atomic mass is 32.2. The van der Waals surface area contributed by atoms with E-state index in [2.05, 4.69) is 18.8 Å². The van der Waals surface area contributed by atoms with E-state index in [-0.39, 0.29) is 5.56 Å². The highest BCUT2D eigenvalue weighted by molar-refractivity contribution is 7.99. The van der Waals surface area contributed by atoms with Crippen LogP contribution in [0.1, 0.15) is 38.0 Å².